The number of hydrogen-bond donors (Lipinski definition) is 2. The lowest BCUT2D eigenvalue weighted by molar-refractivity contribution is -0.135. The van der Waals surface area contributed by atoms with Gasteiger partial charge in [0.05, 0.1) is 19.1 Å². The van der Waals surface area contributed by atoms with E-state index < -0.39 is 6.04 Å². The molecule has 0 unspecified atom stereocenters. The summed E-state index contributed by atoms with van der Waals surface area (Å²) in [5.41, 5.74) is 2.42. The van der Waals surface area contributed by atoms with Gasteiger partial charge in [0.1, 0.15) is 11.8 Å². The van der Waals surface area contributed by atoms with E-state index in [1.54, 1.807) is 30.5 Å². The van der Waals surface area contributed by atoms with Gasteiger partial charge in [0.15, 0.2) is 0 Å². The maximum Gasteiger partial charge on any atom is 0.254 e. The maximum absolute atomic E-state index is 12.9. The molecule has 8 heteroatoms. The standard InChI is InChI=1S/C19H23N5O3/c1-27-14-4-2-3-13(11-14)18(25)23-7-9-24(10-8-23)19(26)17-16-15(5-6-20-17)21-12-22-16/h2-4,11-12,17,20H,5-10H2,1H3,(H,21,22)/t17-/m0/s1. The highest BCUT2D eigenvalue weighted by Crippen LogP contribution is 2.22. The fourth-order valence-electron chi connectivity index (χ4n) is 3.67. The summed E-state index contributed by atoms with van der Waals surface area (Å²) in [5, 5.41) is 3.26. The number of carbonyl (C=O) groups is 2. The van der Waals surface area contributed by atoms with E-state index in [4.69, 9.17) is 4.74 Å². The number of H-pyrrole nitrogens is 1. The van der Waals surface area contributed by atoms with Crippen molar-refractivity contribution in [2.75, 3.05) is 39.8 Å². The van der Waals surface area contributed by atoms with Crippen molar-refractivity contribution >= 4 is 11.8 Å². The molecule has 0 spiro atoms. The van der Waals surface area contributed by atoms with Crippen LogP contribution in [0.3, 0.4) is 0 Å². The number of aromatic nitrogens is 2. The van der Waals surface area contributed by atoms with E-state index in [2.05, 4.69) is 15.3 Å². The molecule has 2 aliphatic heterocycles. The van der Waals surface area contributed by atoms with Gasteiger partial charge in [0.2, 0.25) is 5.91 Å². The van der Waals surface area contributed by atoms with E-state index >= 15 is 0 Å². The van der Waals surface area contributed by atoms with Gasteiger partial charge in [-0.2, -0.15) is 0 Å². The second-order valence-electron chi connectivity index (χ2n) is 6.75. The van der Waals surface area contributed by atoms with Gasteiger partial charge in [-0.05, 0) is 18.2 Å². The number of benzene rings is 1. The van der Waals surface area contributed by atoms with E-state index in [0.29, 0.717) is 37.5 Å². The molecule has 2 aromatic rings. The lowest BCUT2D eigenvalue weighted by Crippen LogP contribution is -2.53. The minimum Gasteiger partial charge on any atom is -0.497 e. The molecule has 1 saturated heterocycles. The summed E-state index contributed by atoms with van der Waals surface area (Å²) in [4.78, 5) is 36.7. The third kappa shape index (κ3) is 3.40. The van der Waals surface area contributed by atoms with Gasteiger partial charge in [-0.25, -0.2) is 4.98 Å². The Morgan fingerprint density at radius 3 is 2.74 bits per heavy atom. The van der Waals surface area contributed by atoms with Crippen LogP contribution in [0.15, 0.2) is 30.6 Å². The summed E-state index contributed by atoms with van der Waals surface area (Å²) < 4.78 is 5.19. The molecule has 2 aliphatic rings. The van der Waals surface area contributed by atoms with Crippen molar-refractivity contribution in [3.05, 3.63) is 47.5 Å². The molecule has 1 aromatic carbocycles. The first-order valence-electron chi connectivity index (χ1n) is 9.15. The van der Waals surface area contributed by atoms with Crippen molar-refractivity contribution in [2.45, 2.75) is 12.5 Å². The van der Waals surface area contributed by atoms with Gasteiger partial charge in [0.25, 0.3) is 5.91 Å². The fraction of sp³-hybridized carbons (Fsp3) is 0.421. The fourth-order valence-corrected chi connectivity index (χ4v) is 3.67. The Morgan fingerprint density at radius 1 is 1.19 bits per heavy atom. The smallest absolute Gasteiger partial charge is 0.254 e. The van der Waals surface area contributed by atoms with E-state index in [-0.39, 0.29) is 11.8 Å². The second kappa shape index (κ2) is 7.40. The van der Waals surface area contributed by atoms with Gasteiger partial charge in [-0.1, -0.05) is 6.07 Å². The number of carbonyl (C=O) groups excluding carboxylic acids is 2. The third-order valence-electron chi connectivity index (χ3n) is 5.19. The number of nitrogens with one attached hydrogen (secondary N) is 2. The Morgan fingerprint density at radius 2 is 1.96 bits per heavy atom. The van der Waals surface area contributed by atoms with Crippen molar-refractivity contribution in [1.29, 1.82) is 0 Å². The highest BCUT2D eigenvalue weighted by Gasteiger charge is 2.34. The third-order valence-corrected chi connectivity index (χ3v) is 5.19. The lowest BCUT2D eigenvalue weighted by Gasteiger charge is -2.37. The molecule has 142 valence electrons. The number of aromatic amines is 1. The van der Waals surface area contributed by atoms with E-state index in [1.807, 2.05) is 17.0 Å². The normalized spacial score (nSPS) is 19.5. The van der Waals surface area contributed by atoms with Gasteiger partial charge in [-0.15, -0.1) is 0 Å². The summed E-state index contributed by atoms with van der Waals surface area (Å²) in [6.07, 6.45) is 2.49. The highest BCUT2D eigenvalue weighted by molar-refractivity contribution is 5.95. The number of nitrogens with zero attached hydrogens (tertiary/aromatic N) is 3. The van der Waals surface area contributed by atoms with E-state index in [1.165, 1.54) is 0 Å². The average molecular weight is 369 g/mol. The summed E-state index contributed by atoms with van der Waals surface area (Å²) in [6.45, 7) is 2.82. The molecule has 1 fully saturated rings. The van der Waals surface area contributed by atoms with Crippen molar-refractivity contribution in [1.82, 2.24) is 25.1 Å². The zero-order valence-electron chi connectivity index (χ0n) is 15.3. The SMILES string of the molecule is COc1cccc(C(=O)N2CCN(C(=O)[C@H]3NCCc4[nH]cnc43)CC2)c1. The molecule has 4 rings (SSSR count). The predicted octanol–water partition coefficient (Wildman–Crippen LogP) is 0.590. The average Bonchev–Trinajstić information content (AvgIpc) is 3.22. The summed E-state index contributed by atoms with van der Waals surface area (Å²) in [6, 6.07) is 6.74. The van der Waals surface area contributed by atoms with Crippen LogP contribution in [0.1, 0.15) is 27.8 Å². The number of hydrogen-bond acceptors (Lipinski definition) is 5. The number of methoxy groups -OCH3 is 1. The van der Waals surface area contributed by atoms with Crippen LogP contribution in [0.25, 0.3) is 0 Å². The minimum absolute atomic E-state index is 0.0246. The molecule has 8 nitrogen and oxygen atoms in total. The summed E-state index contributed by atoms with van der Waals surface area (Å²) in [5.74, 6) is 0.649. The number of imidazole rings is 1. The first kappa shape index (κ1) is 17.5. The first-order chi connectivity index (χ1) is 13.2. The molecule has 1 atom stereocenters. The molecule has 0 bridgehead atoms. The van der Waals surface area contributed by atoms with E-state index in [9.17, 15) is 9.59 Å². The Bertz CT molecular complexity index is 841. The Hall–Kier alpha value is -2.87. The number of fused-ring (bicyclic) bond motifs is 1. The highest BCUT2D eigenvalue weighted by atomic mass is 16.5. The molecular weight excluding hydrogens is 346 g/mol. The molecular formula is C19H23N5O3. The zero-order chi connectivity index (χ0) is 18.8. The lowest BCUT2D eigenvalue weighted by atomic mass is 10.0. The van der Waals surface area contributed by atoms with Crippen LogP contribution in [-0.2, 0) is 11.2 Å². The topological polar surface area (TPSA) is 90.6 Å². The van der Waals surface area contributed by atoms with Crippen LogP contribution in [0.5, 0.6) is 5.75 Å². The first-order valence-corrected chi connectivity index (χ1v) is 9.15. The number of rotatable bonds is 3. The molecule has 1 aromatic heterocycles. The van der Waals surface area contributed by atoms with Crippen LogP contribution in [0.4, 0.5) is 0 Å². The van der Waals surface area contributed by atoms with Crippen molar-refractivity contribution in [3.63, 3.8) is 0 Å². The van der Waals surface area contributed by atoms with Gasteiger partial charge in [0, 0.05) is 50.4 Å². The Balaban J connectivity index is 1.39. The van der Waals surface area contributed by atoms with Crippen molar-refractivity contribution in [3.8, 4) is 5.75 Å². The quantitative estimate of drug-likeness (QED) is 0.826. The van der Waals surface area contributed by atoms with Crippen LogP contribution in [0, 0.1) is 0 Å². The monoisotopic (exact) mass is 369 g/mol. The Kier molecular flexibility index (Phi) is 4.81. The van der Waals surface area contributed by atoms with Gasteiger partial charge in [-0.3, -0.25) is 9.59 Å². The predicted molar refractivity (Wildman–Crippen MR) is 98.5 cm³/mol. The van der Waals surface area contributed by atoms with Crippen molar-refractivity contribution in [2.24, 2.45) is 0 Å². The van der Waals surface area contributed by atoms with Gasteiger partial charge >= 0.3 is 0 Å². The second-order valence-corrected chi connectivity index (χ2v) is 6.75. The Labute approximate surface area is 157 Å². The van der Waals surface area contributed by atoms with Crippen LogP contribution in [-0.4, -0.2) is 71.4 Å². The maximum atomic E-state index is 12.9. The summed E-state index contributed by atoms with van der Waals surface area (Å²) in [7, 11) is 1.58. The molecule has 3 heterocycles. The van der Waals surface area contributed by atoms with Crippen LogP contribution < -0.4 is 10.1 Å². The molecule has 27 heavy (non-hydrogen) atoms. The number of ether oxygens (including phenoxy) is 1. The zero-order valence-corrected chi connectivity index (χ0v) is 15.3. The molecule has 2 amide bonds. The van der Waals surface area contributed by atoms with Crippen LogP contribution >= 0.6 is 0 Å². The minimum atomic E-state index is -0.402. The van der Waals surface area contributed by atoms with E-state index in [0.717, 1.165) is 24.4 Å². The summed E-state index contributed by atoms with van der Waals surface area (Å²) >= 11 is 0. The molecule has 0 aliphatic carbocycles. The molecule has 0 saturated carbocycles. The number of amides is 2. The molecule has 0 radical (unpaired) electrons. The largest absolute Gasteiger partial charge is 0.497 e. The van der Waals surface area contributed by atoms with Crippen LogP contribution in [0.2, 0.25) is 0 Å². The number of piperazine rings is 1. The van der Waals surface area contributed by atoms with Gasteiger partial charge < -0.3 is 24.8 Å². The van der Waals surface area contributed by atoms with Crippen molar-refractivity contribution < 1.29 is 14.3 Å². The molecule has 2 N–H and O–H groups in total.